The molecule has 0 aromatic carbocycles. The lowest BCUT2D eigenvalue weighted by Gasteiger charge is -1.89. The molecule has 0 bridgehead atoms. The minimum atomic E-state index is -4.41. The van der Waals surface area contributed by atoms with Crippen LogP contribution < -0.4 is 0 Å². The van der Waals surface area contributed by atoms with E-state index in [0.717, 1.165) is 0 Å². The van der Waals surface area contributed by atoms with Crippen molar-refractivity contribution in [3.8, 4) is 0 Å². The Morgan fingerprint density at radius 1 is 1.56 bits per heavy atom. The lowest BCUT2D eigenvalue weighted by atomic mass is 11.5. The molecule has 54 valence electrons. The summed E-state index contributed by atoms with van der Waals surface area (Å²) in [5, 5.41) is 7.66. The second-order valence-electron chi connectivity index (χ2n) is 0.845. The summed E-state index contributed by atoms with van der Waals surface area (Å²) in [5.41, 5.74) is 0. The van der Waals surface area contributed by atoms with Crippen LogP contribution in [0.3, 0.4) is 0 Å². The predicted octanol–water partition coefficient (Wildman–Crippen LogP) is 0.132. The fourth-order valence-corrected chi connectivity index (χ4v) is 0.649. The minimum absolute atomic E-state index is 0.530. The third-order valence-corrected chi connectivity index (χ3v) is 1.29. The van der Waals surface area contributed by atoms with E-state index in [-0.39, 0.29) is 0 Å². The second-order valence-corrected chi connectivity index (χ2v) is 3.68. The molecule has 2 N–H and O–H groups in total. The summed E-state index contributed by atoms with van der Waals surface area (Å²) in [6, 6.07) is 0. The van der Waals surface area contributed by atoms with Gasteiger partial charge in [-0.3, -0.25) is 4.55 Å². The summed E-state index contributed by atoms with van der Waals surface area (Å²) in [6.07, 6.45) is -1.78. The lowest BCUT2D eigenvalue weighted by molar-refractivity contribution is 0.153. The summed E-state index contributed by atoms with van der Waals surface area (Å²) in [4.78, 5) is 9.43. The van der Waals surface area contributed by atoms with Gasteiger partial charge in [-0.15, -0.1) is 0 Å². The van der Waals surface area contributed by atoms with Crippen molar-refractivity contribution in [1.82, 2.24) is 0 Å². The van der Waals surface area contributed by atoms with Gasteiger partial charge in [0, 0.05) is 0 Å². The van der Waals surface area contributed by atoms with Gasteiger partial charge in [0.2, 0.25) is 11.1 Å². The van der Waals surface area contributed by atoms with E-state index < -0.39 is 26.4 Å². The molecule has 0 saturated heterocycles. The smallest absolute Gasteiger partial charge is 0.449 e. The van der Waals surface area contributed by atoms with Crippen LogP contribution in [-0.2, 0) is 13.3 Å². The molecular formula is CH2O6S2. The quantitative estimate of drug-likeness (QED) is 0.348. The van der Waals surface area contributed by atoms with Crippen molar-refractivity contribution in [2.45, 2.75) is 0 Å². The molecule has 0 aliphatic heterocycles. The van der Waals surface area contributed by atoms with Crippen LogP contribution in [0.1, 0.15) is 0 Å². The first kappa shape index (κ1) is 8.53. The van der Waals surface area contributed by atoms with E-state index in [1.165, 1.54) is 0 Å². The van der Waals surface area contributed by atoms with E-state index in [4.69, 9.17) is 9.66 Å². The monoisotopic (exact) mass is 174 g/mol. The Morgan fingerprint density at radius 3 is 2.11 bits per heavy atom. The zero-order valence-corrected chi connectivity index (χ0v) is 5.48. The molecule has 0 aliphatic carbocycles. The maximum atomic E-state index is 9.67. The van der Waals surface area contributed by atoms with Gasteiger partial charge in [0.15, 0.2) is 0 Å². The first-order valence-corrected chi connectivity index (χ1v) is 4.18. The molecule has 0 radical (unpaired) electrons. The number of hydrogen-bond donors (Lipinski definition) is 2. The Labute approximate surface area is 54.2 Å². The molecule has 0 heterocycles. The van der Waals surface area contributed by atoms with Gasteiger partial charge in [0.1, 0.15) is 0 Å². The fraction of sp³-hybridized carbons (Fsp3) is 0. The molecule has 0 unspecified atom stereocenters. The van der Waals surface area contributed by atoms with Gasteiger partial charge in [-0.25, -0.2) is 4.79 Å². The number of hydrogen-bond acceptors (Lipinski definition) is 5. The molecule has 0 aromatic heterocycles. The Hall–Kier alpha value is -0.470. The third-order valence-electron chi connectivity index (χ3n) is 0.191. The van der Waals surface area contributed by atoms with Gasteiger partial charge >= 0.3 is 15.3 Å². The Kier molecular flexibility index (Phi) is 2.74. The molecule has 0 spiro atoms. The maximum Gasteiger partial charge on any atom is 0.519 e. The van der Waals surface area contributed by atoms with Gasteiger partial charge in [0.25, 0.3) is 0 Å². The van der Waals surface area contributed by atoms with Crippen molar-refractivity contribution in [1.29, 1.82) is 0 Å². The van der Waals surface area contributed by atoms with Crippen LogP contribution in [-0.4, -0.2) is 24.2 Å². The molecule has 0 fully saturated rings. The summed E-state index contributed by atoms with van der Waals surface area (Å²) in [7, 11) is -4.41. The third kappa shape index (κ3) is 7.53. The lowest BCUT2D eigenvalue weighted by Crippen LogP contribution is -1.97. The minimum Gasteiger partial charge on any atom is -0.449 e. The number of rotatable bonds is 2. The van der Waals surface area contributed by atoms with Crippen molar-refractivity contribution in [2.24, 2.45) is 0 Å². The predicted molar refractivity (Wildman–Crippen MR) is 28.2 cm³/mol. The summed E-state index contributed by atoms with van der Waals surface area (Å²) < 4.78 is 30.5. The van der Waals surface area contributed by atoms with Gasteiger partial charge < -0.3 is 9.29 Å². The highest BCUT2D eigenvalue weighted by molar-refractivity contribution is 8.68. The summed E-state index contributed by atoms with van der Waals surface area (Å²) >= 11 is -0.530. The van der Waals surface area contributed by atoms with E-state index in [9.17, 15) is 13.2 Å². The van der Waals surface area contributed by atoms with Crippen molar-refractivity contribution in [2.75, 3.05) is 0 Å². The highest BCUT2D eigenvalue weighted by Crippen LogP contribution is 2.09. The molecule has 0 atom stereocenters. The Balaban J connectivity index is 3.67. The van der Waals surface area contributed by atoms with Crippen LogP contribution in [0, 0.1) is 0 Å². The van der Waals surface area contributed by atoms with Crippen LogP contribution in [0.4, 0.5) is 4.79 Å². The van der Waals surface area contributed by atoms with Crippen molar-refractivity contribution >= 4 is 26.4 Å². The molecule has 6 nitrogen and oxygen atoms in total. The Bertz CT molecular complexity index is 189. The topological polar surface area (TPSA) is 101 Å². The molecule has 9 heavy (non-hydrogen) atoms. The normalized spacial score (nSPS) is 10.8. The number of carboxylic acid groups (broad SMARTS) is 1. The molecule has 0 rings (SSSR count). The molecule has 0 saturated carbocycles. The largest absolute Gasteiger partial charge is 0.519 e. The SMILES string of the molecule is O=C(O)OSS(=O)(=O)O. The Morgan fingerprint density at radius 2 is 2.00 bits per heavy atom. The first-order chi connectivity index (χ1) is 3.92. The van der Waals surface area contributed by atoms with Crippen molar-refractivity contribution < 1.29 is 27.1 Å². The molecule has 8 heteroatoms. The van der Waals surface area contributed by atoms with Crippen LogP contribution in [0.2, 0.25) is 0 Å². The first-order valence-electron chi connectivity index (χ1n) is 1.48. The van der Waals surface area contributed by atoms with Gasteiger partial charge in [-0.05, 0) is 0 Å². The standard InChI is InChI=1S/CH2O6S2/c2-1(3)7-8-9(4,5)6/h(H,2,3)(H,4,5,6). The summed E-state index contributed by atoms with van der Waals surface area (Å²) in [6.45, 7) is 0. The highest BCUT2D eigenvalue weighted by atomic mass is 33.2. The molecular weight excluding hydrogens is 172 g/mol. The fourth-order valence-electron chi connectivity index (χ4n) is 0.0721. The van der Waals surface area contributed by atoms with Gasteiger partial charge in [-0.2, -0.15) is 8.42 Å². The zero-order valence-electron chi connectivity index (χ0n) is 3.84. The van der Waals surface area contributed by atoms with E-state index in [1.807, 2.05) is 0 Å². The van der Waals surface area contributed by atoms with Crippen LogP contribution in [0.5, 0.6) is 0 Å². The molecule has 0 aromatic rings. The van der Waals surface area contributed by atoms with Crippen molar-refractivity contribution in [3.05, 3.63) is 0 Å². The van der Waals surface area contributed by atoms with Gasteiger partial charge in [0.05, 0.1) is 0 Å². The number of carbonyl (C=O) groups is 1. The molecule has 0 amide bonds. The highest BCUT2D eigenvalue weighted by Gasteiger charge is 2.09. The maximum absolute atomic E-state index is 9.67. The van der Waals surface area contributed by atoms with E-state index in [2.05, 4.69) is 4.18 Å². The molecule has 0 aliphatic rings. The van der Waals surface area contributed by atoms with E-state index >= 15 is 0 Å². The van der Waals surface area contributed by atoms with E-state index in [0.29, 0.717) is 0 Å². The average molecular weight is 174 g/mol. The second kappa shape index (κ2) is 2.90. The van der Waals surface area contributed by atoms with Crippen LogP contribution in [0.15, 0.2) is 0 Å². The van der Waals surface area contributed by atoms with Crippen LogP contribution >= 0.6 is 11.1 Å². The summed E-state index contributed by atoms with van der Waals surface area (Å²) in [5.74, 6) is 0. The van der Waals surface area contributed by atoms with E-state index in [1.54, 1.807) is 0 Å². The van der Waals surface area contributed by atoms with Gasteiger partial charge in [-0.1, -0.05) is 0 Å². The average Bonchev–Trinajstić information content (AvgIpc) is 1.59. The van der Waals surface area contributed by atoms with Crippen LogP contribution in [0.25, 0.3) is 0 Å². The van der Waals surface area contributed by atoms with Crippen molar-refractivity contribution in [3.63, 3.8) is 0 Å². The zero-order chi connectivity index (χ0) is 7.49.